The summed E-state index contributed by atoms with van der Waals surface area (Å²) >= 11 is 0. The van der Waals surface area contributed by atoms with E-state index in [-0.39, 0.29) is 12.5 Å². The molecule has 29 heavy (non-hydrogen) atoms. The van der Waals surface area contributed by atoms with Crippen LogP contribution in [0.15, 0.2) is 36.4 Å². The Bertz CT molecular complexity index is 797. The molecule has 0 aliphatic carbocycles. The molecular weight excluding hydrogens is 370 g/mol. The quantitative estimate of drug-likeness (QED) is 0.589. The summed E-state index contributed by atoms with van der Waals surface area (Å²) in [5.74, 6) is 0.0646. The number of hydrogen-bond acceptors (Lipinski definition) is 4. The van der Waals surface area contributed by atoms with Crippen molar-refractivity contribution in [2.75, 3.05) is 26.2 Å². The summed E-state index contributed by atoms with van der Waals surface area (Å²) in [6.07, 6.45) is 4.14. The maximum Gasteiger partial charge on any atom is 0.325 e. The van der Waals surface area contributed by atoms with Crippen molar-refractivity contribution >= 4 is 17.8 Å². The zero-order valence-electron chi connectivity index (χ0n) is 17.2. The van der Waals surface area contributed by atoms with Gasteiger partial charge in [-0.3, -0.25) is 14.5 Å². The van der Waals surface area contributed by atoms with Gasteiger partial charge in [0.25, 0.3) is 5.91 Å². The average molecular weight is 399 g/mol. The Hall–Kier alpha value is -2.83. The molecule has 1 unspecified atom stereocenters. The molecule has 7 nitrogen and oxygen atoms in total. The van der Waals surface area contributed by atoms with Crippen LogP contribution in [0.3, 0.4) is 0 Å². The highest BCUT2D eigenvalue weighted by Gasteiger charge is 2.49. The van der Waals surface area contributed by atoms with Crippen LogP contribution < -0.4 is 10.1 Å². The van der Waals surface area contributed by atoms with E-state index in [1.807, 2.05) is 6.92 Å². The van der Waals surface area contributed by atoms with Crippen molar-refractivity contribution in [3.8, 4) is 5.75 Å². The molecule has 1 atom stereocenters. The Morgan fingerprint density at radius 1 is 1.14 bits per heavy atom. The minimum absolute atomic E-state index is 0.178. The van der Waals surface area contributed by atoms with Gasteiger partial charge in [-0.1, -0.05) is 31.6 Å². The highest BCUT2D eigenvalue weighted by molar-refractivity contribution is 6.09. The number of hydrogen-bond donors (Lipinski definition) is 1. The van der Waals surface area contributed by atoms with Gasteiger partial charge in [-0.05, 0) is 50.0 Å². The predicted molar refractivity (Wildman–Crippen MR) is 109 cm³/mol. The molecule has 2 heterocycles. The maximum atomic E-state index is 13.1. The number of carbonyl (C=O) groups is 3. The van der Waals surface area contributed by atoms with E-state index in [9.17, 15) is 14.4 Å². The van der Waals surface area contributed by atoms with E-state index in [0.29, 0.717) is 31.0 Å². The van der Waals surface area contributed by atoms with Crippen LogP contribution in [-0.4, -0.2) is 53.9 Å². The van der Waals surface area contributed by atoms with E-state index >= 15 is 0 Å². The van der Waals surface area contributed by atoms with Crippen LogP contribution in [-0.2, 0) is 15.1 Å². The Kier molecular flexibility index (Phi) is 6.25. The van der Waals surface area contributed by atoms with Gasteiger partial charge in [-0.2, -0.15) is 0 Å². The fraction of sp³-hybridized carbons (Fsp3) is 0.500. The van der Waals surface area contributed by atoms with Crippen molar-refractivity contribution in [2.24, 2.45) is 0 Å². The van der Waals surface area contributed by atoms with Crippen LogP contribution in [0.2, 0.25) is 0 Å². The SMILES string of the molecule is C=C(C)COc1ccc(C2(C)NC(=O)N(CC(=O)N3CCCCCC3)C2=O)cc1. The molecule has 1 aromatic rings. The molecule has 156 valence electrons. The number of urea groups is 1. The Labute approximate surface area is 171 Å². The molecule has 2 saturated heterocycles. The zero-order valence-corrected chi connectivity index (χ0v) is 17.2. The van der Waals surface area contributed by atoms with Crippen molar-refractivity contribution in [1.82, 2.24) is 15.1 Å². The largest absolute Gasteiger partial charge is 0.489 e. The third-order valence-corrected chi connectivity index (χ3v) is 5.44. The van der Waals surface area contributed by atoms with E-state index in [0.717, 1.165) is 36.2 Å². The van der Waals surface area contributed by atoms with E-state index < -0.39 is 17.5 Å². The lowest BCUT2D eigenvalue weighted by atomic mass is 9.92. The molecule has 0 radical (unpaired) electrons. The lowest BCUT2D eigenvalue weighted by Crippen LogP contribution is -2.44. The van der Waals surface area contributed by atoms with E-state index in [1.54, 1.807) is 36.1 Å². The van der Waals surface area contributed by atoms with Crippen molar-refractivity contribution in [3.63, 3.8) is 0 Å². The van der Waals surface area contributed by atoms with Gasteiger partial charge in [0.2, 0.25) is 5.91 Å². The molecule has 2 fully saturated rings. The molecule has 1 aromatic carbocycles. The van der Waals surface area contributed by atoms with Gasteiger partial charge < -0.3 is 15.0 Å². The summed E-state index contributed by atoms with van der Waals surface area (Å²) in [7, 11) is 0. The number of nitrogens with zero attached hydrogens (tertiary/aromatic N) is 2. The minimum atomic E-state index is -1.21. The van der Waals surface area contributed by atoms with Gasteiger partial charge in [0.15, 0.2) is 0 Å². The summed E-state index contributed by atoms with van der Waals surface area (Å²) in [5.41, 5.74) is 0.343. The molecule has 0 saturated carbocycles. The number of carbonyl (C=O) groups excluding carboxylic acids is 3. The first-order chi connectivity index (χ1) is 13.8. The molecule has 0 aromatic heterocycles. The standard InChI is InChI=1S/C22H29N3O4/c1-16(2)15-29-18-10-8-17(9-11-18)22(3)20(27)25(21(28)23-22)14-19(26)24-12-6-4-5-7-13-24/h8-11H,1,4-7,12-15H2,2-3H3,(H,23,28). The van der Waals surface area contributed by atoms with Gasteiger partial charge in [0.1, 0.15) is 24.4 Å². The van der Waals surface area contributed by atoms with Crippen molar-refractivity contribution in [3.05, 3.63) is 42.0 Å². The number of rotatable bonds is 6. The minimum Gasteiger partial charge on any atom is -0.489 e. The Morgan fingerprint density at radius 2 is 1.76 bits per heavy atom. The van der Waals surface area contributed by atoms with Gasteiger partial charge >= 0.3 is 6.03 Å². The number of benzene rings is 1. The highest BCUT2D eigenvalue weighted by atomic mass is 16.5. The molecule has 7 heteroatoms. The molecular formula is C22H29N3O4. The van der Waals surface area contributed by atoms with Gasteiger partial charge in [0.05, 0.1) is 0 Å². The zero-order chi connectivity index (χ0) is 21.0. The fourth-order valence-corrected chi connectivity index (χ4v) is 3.68. The molecule has 4 amide bonds. The monoisotopic (exact) mass is 399 g/mol. The number of amides is 4. The van der Waals surface area contributed by atoms with Crippen molar-refractivity contribution in [1.29, 1.82) is 0 Å². The van der Waals surface area contributed by atoms with Gasteiger partial charge in [-0.25, -0.2) is 4.79 Å². The lowest BCUT2D eigenvalue weighted by molar-refractivity contribution is -0.138. The van der Waals surface area contributed by atoms with E-state index in [1.165, 1.54) is 0 Å². The molecule has 2 aliphatic heterocycles. The smallest absolute Gasteiger partial charge is 0.325 e. The second kappa shape index (κ2) is 8.68. The molecule has 0 bridgehead atoms. The summed E-state index contributed by atoms with van der Waals surface area (Å²) < 4.78 is 5.58. The third-order valence-electron chi connectivity index (χ3n) is 5.44. The van der Waals surface area contributed by atoms with Gasteiger partial charge in [0, 0.05) is 13.1 Å². The van der Waals surface area contributed by atoms with Crippen molar-refractivity contribution in [2.45, 2.75) is 45.1 Å². The van der Waals surface area contributed by atoms with Crippen LogP contribution in [0.25, 0.3) is 0 Å². The molecule has 0 spiro atoms. The van der Waals surface area contributed by atoms with Crippen LogP contribution in [0, 0.1) is 0 Å². The summed E-state index contributed by atoms with van der Waals surface area (Å²) in [6, 6.07) is 6.49. The van der Waals surface area contributed by atoms with E-state index in [2.05, 4.69) is 11.9 Å². The third kappa shape index (κ3) is 4.60. The predicted octanol–water partition coefficient (Wildman–Crippen LogP) is 2.81. The average Bonchev–Trinajstić information content (AvgIpc) is 2.91. The van der Waals surface area contributed by atoms with Crippen LogP contribution in [0.4, 0.5) is 4.79 Å². The second-order valence-electron chi connectivity index (χ2n) is 8.01. The normalized spacial score (nSPS) is 22.3. The highest BCUT2D eigenvalue weighted by Crippen LogP contribution is 2.30. The summed E-state index contributed by atoms with van der Waals surface area (Å²) in [6.45, 7) is 8.90. The number of nitrogens with one attached hydrogen (secondary N) is 1. The Morgan fingerprint density at radius 3 is 2.34 bits per heavy atom. The molecule has 2 aliphatic rings. The number of likely N-dealkylation sites (tertiary alicyclic amines) is 1. The second-order valence-corrected chi connectivity index (χ2v) is 8.01. The van der Waals surface area contributed by atoms with E-state index in [4.69, 9.17) is 4.74 Å². The first-order valence-corrected chi connectivity index (χ1v) is 10.1. The number of ether oxygens (including phenoxy) is 1. The van der Waals surface area contributed by atoms with Crippen molar-refractivity contribution < 1.29 is 19.1 Å². The first-order valence-electron chi connectivity index (χ1n) is 10.1. The first kappa shape index (κ1) is 20.9. The molecule has 3 rings (SSSR count). The topological polar surface area (TPSA) is 79.0 Å². The Balaban J connectivity index is 1.69. The summed E-state index contributed by atoms with van der Waals surface area (Å²) in [4.78, 5) is 41.0. The molecule has 1 N–H and O–H groups in total. The van der Waals surface area contributed by atoms with Crippen LogP contribution in [0.1, 0.15) is 45.1 Å². The van der Waals surface area contributed by atoms with Gasteiger partial charge in [-0.15, -0.1) is 0 Å². The maximum absolute atomic E-state index is 13.1. The van der Waals surface area contributed by atoms with Crippen LogP contribution in [0.5, 0.6) is 5.75 Å². The lowest BCUT2D eigenvalue weighted by Gasteiger charge is -2.24. The number of imide groups is 1. The fourth-order valence-electron chi connectivity index (χ4n) is 3.68. The summed E-state index contributed by atoms with van der Waals surface area (Å²) in [5, 5.41) is 2.75. The van der Waals surface area contributed by atoms with Crippen LogP contribution >= 0.6 is 0 Å².